The van der Waals surface area contributed by atoms with Crippen LogP contribution in [0.15, 0.2) is 42.9 Å². The van der Waals surface area contributed by atoms with E-state index in [1.807, 2.05) is 36.5 Å². The fourth-order valence-electron chi connectivity index (χ4n) is 3.97. The van der Waals surface area contributed by atoms with Gasteiger partial charge in [-0.3, -0.25) is 9.69 Å². The average molecular weight is 413 g/mol. The molecule has 3 heterocycles. The number of nitrogens with two attached hydrogens (primary N) is 1. The summed E-state index contributed by atoms with van der Waals surface area (Å²) in [5.74, 6) is 0.665. The van der Waals surface area contributed by atoms with Crippen LogP contribution in [0.25, 0.3) is 11.0 Å². The molecule has 29 heavy (non-hydrogen) atoms. The van der Waals surface area contributed by atoms with Gasteiger partial charge in [0, 0.05) is 24.3 Å². The summed E-state index contributed by atoms with van der Waals surface area (Å²) < 4.78 is 0. The van der Waals surface area contributed by atoms with Crippen LogP contribution < -0.4 is 16.0 Å². The Hall–Kier alpha value is -2.48. The third kappa shape index (κ3) is 3.99. The van der Waals surface area contributed by atoms with Crippen LogP contribution in [0.4, 0.5) is 5.82 Å². The number of nitrogens with one attached hydrogen (secondary N) is 2. The Morgan fingerprint density at radius 2 is 1.93 bits per heavy atom. The Morgan fingerprint density at radius 1 is 1.17 bits per heavy atom. The number of benzene rings is 1. The first-order valence-corrected chi connectivity index (χ1v) is 10.3. The van der Waals surface area contributed by atoms with Crippen LogP contribution in [0.5, 0.6) is 0 Å². The van der Waals surface area contributed by atoms with E-state index in [0.717, 1.165) is 36.9 Å². The quantitative estimate of drug-likeness (QED) is 0.577. The Balaban J connectivity index is 1.69. The number of rotatable bonds is 6. The Kier molecular flexibility index (Phi) is 5.80. The van der Waals surface area contributed by atoms with Crippen LogP contribution >= 0.6 is 11.6 Å². The number of fused-ring (bicyclic) bond motifs is 1. The van der Waals surface area contributed by atoms with Crippen LogP contribution in [0.2, 0.25) is 5.02 Å². The van der Waals surface area contributed by atoms with E-state index < -0.39 is 5.41 Å². The van der Waals surface area contributed by atoms with Crippen molar-refractivity contribution < 1.29 is 4.79 Å². The standard InChI is InChI=1S/C21H25ClN6O/c22-16-3-1-15(2-4-16)6-12-28(19-17-5-9-25-18(17)26-14-27-19)20(29)21(13-23)7-10-24-11-8-21/h1-5,9,14,24H,6-8,10-13,23H2,(H,25,26,27). The van der Waals surface area contributed by atoms with Crippen LogP contribution in [-0.4, -0.2) is 47.0 Å². The molecule has 1 aliphatic rings. The minimum absolute atomic E-state index is 0.0386. The van der Waals surface area contributed by atoms with Crippen molar-refractivity contribution in [2.24, 2.45) is 11.1 Å². The zero-order chi connectivity index (χ0) is 20.3. The van der Waals surface area contributed by atoms with E-state index in [-0.39, 0.29) is 5.91 Å². The van der Waals surface area contributed by atoms with Gasteiger partial charge < -0.3 is 16.0 Å². The van der Waals surface area contributed by atoms with Crippen molar-refractivity contribution in [2.75, 3.05) is 31.1 Å². The first kappa shape index (κ1) is 19.8. The van der Waals surface area contributed by atoms with Crippen molar-refractivity contribution in [1.29, 1.82) is 0 Å². The molecule has 1 fully saturated rings. The first-order chi connectivity index (χ1) is 14.1. The van der Waals surface area contributed by atoms with Gasteiger partial charge in [-0.05, 0) is 56.1 Å². The molecule has 1 saturated heterocycles. The molecule has 0 radical (unpaired) electrons. The summed E-state index contributed by atoms with van der Waals surface area (Å²) >= 11 is 6.01. The summed E-state index contributed by atoms with van der Waals surface area (Å²) in [6, 6.07) is 9.61. The second-order valence-corrected chi connectivity index (χ2v) is 7.94. The molecule has 1 aromatic carbocycles. The SMILES string of the molecule is NCC1(C(=O)N(CCc2ccc(Cl)cc2)c2ncnc3[nH]ccc23)CCNCC1. The van der Waals surface area contributed by atoms with Crippen molar-refractivity contribution >= 4 is 34.4 Å². The lowest BCUT2D eigenvalue weighted by molar-refractivity contribution is -0.129. The predicted molar refractivity (Wildman–Crippen MR) is 115 cm³/mol. The number of hydrogen-bond donors (Lipinski definition) is 3. The molecule has 3 aromatic rings. The Bertz CT molecular complexity index is 980. The lowest BCUT2D eigenvalue weighted by atomic mass is 9.77. The molecule has 1 aliphatic heterocycles. The van der Waals surface area contributed by atoms with Crippen LogP contribution in [-0.2, 0) is 11.2 Å². The highest BCUT2D eigenvalue weighted by Crippen LogP contribution is 2.33. The normalized spacial score (nSPS) is 16.1. The molecular formula is C21H25ClN6O. The molecule has 2 aromatic heterocycles. The smallest absolute Gasteiger partial charge is 0.235 e. The van der Waals surface area contributed by atoms with Gasteiger partial charge in [0.1, 0.15) is 17.8 Å². The Labute approximate surface area is 174 Å². The third-order valence-corrected chi connectivity index (χ3v) is 6.03. The molecule has 0 unspecified atom stereocenters. The van der Waals surface area contributed by atoms with Crippen molar-refractivity contribution in [1.82, 2.24) is 20.3 Å². The maximum Gasteiger partial charge on any atom is 0.235 e. The minimum Gasteiger partial charge on any atom is -0.346 e. The zero-order valence-corrected chi connectivity index (χ0v) is 17.0. The van der Waals surface area contributed by atoms with Gasteiger partial charge >= 0.3 is 0 Å². The minimum atomic E-state index is -0.571. The summed E-state index contributed by atoms with van der Waals surface area (Å²) in [4.78, 5) is 27.5. The molecule has 0 atom stereocenters. The van der Waals surface area contributed by atoms with Crippen molar-refractivity contribution in [3.8, 4) is 0 Å². The van der Waals surface area contributed by atoms with Crippen LogP contribution in [0.3, 0.4) is 0 Å². The summed E-state index contributed by atoms with van der Waals surface area (Å²) in [6.45, 7) is 2.41. The predicted octanol–water partition coefficient (Wildman–Crippen LogP) is 2.52. The molecular weight excluding hydrogens is 388 g/mol. The molecule has 0 spiro atoms. The number of halogens is 1. The van der Waals surface area contributed by atoms with E-state index >= 15 is 0 Å². The van der Waals surface area contributed by atoms with E-state index in [2.05, 4.69) is 20.3 Å². The topological polar surface area (TPSA) is 99.9 Å². The molecule has 4 rings (SSSR count). The zero-order valence-electron chi connectivity index (χ0n) is 16.2. The number of aromatic amines is 1. The van der Waals surface area contributed by atoms with Crippen molar-refractivity contribution in [3.05, 3.63) is 53.4 Å². The van der Waals surface area contributed by atoms with Gasteiger partial charge in [0.05, 0.1) is 10.8 Å². The second kappa shape index (κ2) is 8.49. The van der Waals surface area contributed by atoms with E-state index in [1.165, 1.54) is 6.33 Å². The van der Waals surface area contributed by atoms with Crippen molar-refractivity contribution in [3.63, 3.8) is 0 Å². The fourth-order valence-corrected chi connectivity index (χ4v) is 4.09. The average Bonchev–Trinajstić information content (AvgIpc) is 3.25. The number of aromatic nitrogens is 3. The lowest BCUT2D eigenvalue weighted by Crippen LogP contribution is -2.53. The molecule has 4 N–H and O–H groups in total. The maximum absolute atomic E-state index is 13.8. The fraction of sp³-hybridized carbons (Fsp3) is 0.381. The molecule has 0 aliphatic carbocycles. The van der Waals surface area contributed by atoms with E-state index in [0.29, 0.717) is 36.0 Å². The number of carbonyl (C=O) groups is 1. The van der Waals surface area contributed by atoms with Gasteiger partial charge in [-0.25, -0.2) is 9.97 Å². The van der Waals surface area contributed by atoms with Gasteiger partial charge in [0.25, 0.3) is 0 Å². The molecule has 0 saturated carbocycles. The highest BCUT2D eigenvalue weighted by atomic mass is 35.5. The van der Waals surface area contributed by atoms with E-state index in [9.17, 15) is 4.79 Å². The third-order valence-electron chi connectivity index (χ3n) is 5.78. The number of piperidine rings is 1. The molecule has 1 amide bonds. The van der Waals surface area contributed by atoms with Gasteiger partial charge in [-0.1, -0.05) is 23.7 Å². The number of nitrogens with zero attached hydrogens (tertiary/aromatic N) is 3. The first-order valence-electron chi connectivity index (χ1n) is 9.88. The highest BCUT2D eigenvalue weighted by Gasteiger charge is 2.42. The van der Waals surface area contributed by atoms with Gasteiger partial charge in [0.15, 0.2) is 0 Å². The number of H-pyrrole nitrogens is 1. The van der Waals surface area contributed by atoms with Gasteiger partial charge in [-0.2, -0.15) is 0 Å². The maximum atomic E-state index is 13.8. The molecule has 8 heteroatoms. The van der Waals surface area contributed by atoms with Gasteiger partial charge in [-0.15, -0.1) is 0 Å². The van der Waals surface area contributed by atoms with Crippen LogP contribution in [0.1, 0.15) is 18.4 Å². The second-order valence-electron chi connectivity index (χ2n) is 7.50. The lowest BCUT2D eigenvalue weighted by Gasteiger charge is -2.39. The summed E-state index contributed by atoms with van der Waals surface area (Å²) in [5.41, 5.74) is 7.40. The molecule has 7 nitrogen and oxygen atoms in total. The molecule has 152 valence electrons. The van der Waals surface area contributed by atoms with E-state index in [1.54, 1.807) is 4.90 Å². The monoisotopic (exact) mass is 412 g/mol. The van der Waals surface area contributed by atoms with Crippen molar-refractivity contribution in [2.45, 2.75) is 19.3 Å². The number of amides is 1. The summed E-state index contributed by atoms with van der Waals surface area (Å²) in [6.07, 6.45) is 5.45. The number of anilines is 1. The highest BCUT2D eigenvalue weighted by molar-refractivity contribution is 6.30. The largest absolute Gasteiger partial charge is 0.346 e. The number of hydrogen-bond acceptors (Lipinski definition) is 5. The number of carbonyl (C=O) groups excluding carboxylic acids is 1. The van der Waals surface area contributed by atoms with Gasteiger partial charge in [0.2, 0.25) is 5.91 Å². The molecule has 0 bridgehead atoms. The van der Waals surface area contributed by atoms with E-state index in [4.69, 9.17) is 17.3 Å². The Morgan fingerprint density at radius 3 is 2.66 bits per heavy atom. The summed E-state index contributed by atoms with van der Waals surface area (Å²) in [7, 11) is 0. The summed E-state index contributed by atoms with van der Waals surface area (Å²) in [5, 5.41) is 4.86. The van der Waals surface area contributed by atoms with Crippen LogP contribution in [0, 0.1) is 5.41 Å².